The highest BCUT2D eigenvalue weighted by Gasteiger charge is 2.23. The van der Waals surface area contributed by atoms with Crippen molar-refractivity contribution in [1.29, 1.82) is 0 Å². The van der Waals surface area contributed by atoms with Gasteiger partial charge in [0.15, 0.2) is 0 Å². The van der Waals surface area contributed by atoms with E-state index in [4.69, 9.17) is 0 Å². The van der Waals surface area contributed by atoms with Crippen LogP contribution in [-0.4, -0.2) is 28.3 Å². The van der Waals surface area contributed by atoms with Crippen molar-refractivity contribution in [2.45, 2.75) is 24.0 Å². The van der Waals surface area contributed by atoms with E-state index in [1.807, 2.05) is 23.5 Å². The molecule has 0 unspecified atom stereocenters. The first-order valence-corrected chi connectivity index (χ1v) is 10.7. The molecule has 3 heteroatoms. The maximum Gasteiger partial charge on any atom is 0.104 e. The first kappa shape index (κ1) is 16.3. The zero-order valence-electron chi connectivity index (χ0n) is 14.1. The Morgan fingerprint density at radius 1 is 0.958 bits per heavy atom. The Morgan fingerprint density at radius 2 is 1.54 bits per heavy atom. The maximum atomic E-state index is 2.48. The monoisotopic (exact) mass is 353 g/mol. The van der Waals surface area contributed by atoms with E-state index in [2.05, 4.69) is 66.6 Å². The molecular weight excluding hydrogens is 330 g/mol. The highest BCUT2D eigenvalue weighted by molar-refractivity contribution is 8.32. The number of thioether (sulfide) groups is 2. The molecule has 0 spiro atoms. The Kier molecular flexibility index (Phi) is 5.02. The predicted molar refractivity (Wildman–Crippen MR) is 108 cm³/mol. The van der Waals surface area contributed by atoms with Crippen molar-refractivity contribution in [3.05, 3.63) is 76.9 Å². The van der Waals surface area contributed by atoms with Gasteiger partial charge in [0.2, 0.25) is 0 Å². The molecule has 2 aromatic carbocycles. The Hall–Kier alpha value is -1.16. The second-order valence-corrected chi connectivity index (χ2v) is 9.26. The van der Waals surface area contributed by atoms with E-state index in [0.29, 0.717) is 4.71 Å². The summed E-state index contributed by atoms with van der Waals surface area (Å²) in [5, 5.41) is 1.25. The molecule has 1 aliphatic carbocycles. The lowest BCUT2D eigenvalue weighted by atomic mass is 9.93. The van der Waals surface area contributed by atoms with Crippen LogP contribution in [0.5, 0.6) is 0 Å². The average molecular weight is 354 g/mol. The van der Waals surface area contributed by atoms with Gasteiger partial charge in [0.1, 0.15) is 4.71 Å². The van der Waals surface area contributed by atoms with Crippen LogP contribution in [0, 0.1) is 0 Å². The van der Waals surface area contributed by atoms with Crippen LogP contribution in [0.25, 0.3) is 5.57 Å². The number of aryl methyl sites for hydroxylation is 2. The van der Waals surface area contributed by atoms with Crippen molar-refractivity contribution in [3.63, 3.8) is 0 Å². The van der Waals surface area contributed by atoms with Gasteiger partial charge < -0.3 is 0 Å². The summed E-state index contributed by atoms with van der Waals surface area (Å²) in [5.74, 6) is 0. The Labute approximate surface area is 153 Å². The number of nitrogens with zero attached hydrogens (tertiary/aromatic N) is 1. The van der Waals surface area contributed by atoms with Crippen molar-refractivity contribution < 1.29 is 0 Å². The molecule has 1 heterocycles. The fourth-order valence-electron chi connectivity index (χ4n) is 3.54. The maximum absolute atomic E-state index is 2.48. The van der Waals surface area contributed by atoms with Gasteiger partial charge in [0.05, 0.1) is 0 Å². The molecule has 1 saturated heterocycles. The molecule has 0 amide bonds. The van der Waals surface area contributed by atoms with E-state index in [0.717, 1.165) is 25.8 Å². The zero-order chi connectivity index (χ0) is 16.4. The third-order valence-corrected chi connectivity index (χ3v) is 8.09. The van der Waals surface area contributed by atoms with E-state index in [1.165, 1.54) is 32.9 Å². The van der Waals surface area contributed by atoms with Crippen molar-refractivity contribution >= 4 is 29.1 Å². The Morgan fingerprint density at radius 3 is 2.08 bits per heavy atom. The average Bonchev–Trinajstić information content (AvgIpc) is 2.71. The number of benzene rings is 2. The van der Waals surface area contributed by atoms with Gasteiger partial charge in [-0.25, -0.2) is 0 Å². The summed E-state index contributed by atoms with van der Waals surface area (Å²) in [5.41, 5.74) is 7.26. The molecule has 0 N–H and O–H groups in total. The molecule has 24 heavy (non-hydrogen) atoms. The van der Waals surface area contributed by atoms with E-state index in [1.54, 1.807) is 0 Å². The molecule has 1 nitrogen and oxygen atoms in total. The summed E-state index contributed by atoms with van der Waals surface area (Å²) in [6.07, 6.45) is 5.85. The topological polar surface area (TPSA) is 3.24 Å². The summed E-state index contributed by atoms with van der Waals surface area (Å²) in [7, 11) is 2.25. The predicted octanol–water partition coefficient (Wildman–Crippen LogP) is 5.26. The van der Waals surface area contributed by atoms with Crippen molar-refractivity contribution in [2.24, 2.45) is 0 Å². The molecule has 0 aromatic heterocycles. The number of rotatable bonds is 4. The molecule has 2 aliphatic rings. The van der Waals surface area contributed by atoms with Gasteiger partial charge >= 0.3 is 0 Å². The van der Waals surface area contributed by atoms with Crippen LogP contribution in [-0.2, 0) is 12.8 Å². The van der Waals surface area contributed by atoms with Crippen LogP contribution < -0.4 is 0 Å². The minimum atomic E-state index is 0.664. The number of fused-ring (bicyclic) bond motifs is 2. The second kappa shape index (κ2) is 7.38. The molecule has 1 aliphatic heterocycles. The highest BCUT2D eigenvalue weighted by atomic mass is 32.3. The van der Waals surface area contributed by atoms with Crippen LogP contribution in [0.3, 0.4) is 0 Å². The second-order valence-electron chi connectivity index (χ2n) is 6.46. The first-order chi connectivity index (χ1) is 11.8. The van der Waals surface area contributed by atoms with E-state index in [9.17, 15) is 0 Å². The van der Waals surface area contributed by atoms with E-state index in [-0.39, 0.29) is 0 Å². The number of hydrogen-bond acceptors (Lipinski definition) is 3. The van der Waals surface area contributed by atoms with Crippen LogP contribution in [0.2, 0.25) is 0 Å². The SMILES string of the molecule is CN(CCC=C1c2ccccc2CCc2ccccc21)C1SCS1. The smallest absolute Gasteiger partial charge is 0.104 e. The summed E-state index contributed by atoms with van der Waals surface area (Å²) in [6.45, 7) is 1.12. The van der Waals surface area contributed by atoms with Crippen LogP contribution in [0.15, 0.2) is 54.6 Å². The number of hydrogen-bond donors (Lipinski definition) is 0. The van der Waals surface area contributed by atoms with Gasteiger partial charge in [-0.1, -0.05) is 54.6 Å². The van der Waals surface area contributed by atoms with Gasteiger partial charge in [0.25, 0.3) is 0 Å². The van der Waals surface area contributed by atoms with Crippen LogP contribution in [0.1, 0.15) is 28.7 Å². The summed E-state index contributed by atoms with van der Waals surface area (Å²) >= 11 is 4.10. The molecular formula is C21H23NS2. The quantitative estimate of drug-likeness (QED) is 0.738. The largest absolute Gasteiger partial charge is 0.286 e. The lowest BCUT2D eigenvalue weighted by Gasteiger charge is -2.33. The van der Waals surface area contributed by atoms with E-state index < -0.39 is 0 Å². The minimum Gasteiger partial charge on any atom is -0.286 e. The molecule has 4 rings (SSSR count). The molecule has 0 saturated carbocycles. The fraction of sp³-hybridized carbons (Fsp3) is 0.333. The normalized spacial score (nSPS) is 17.0. The molecule has 0 atom stereocenters. The van der Waals surface area contributed by atoms with Gasteiger partial charge in [0, 0.05) is 11.6 Å². The third kappa shape index (κ3) is 3.30. The standard InChI is InChI=1S/C21H23NS2/c1-22(21-23-15-24-21)14-6-11-20-18-9-4-2-7-16(18)12-13-17-8-3-5-10-19(17)20/h2-5,7-11,21H,6,12-15H2,1H3. The lowest BCUT2D eigenvalue weighted by molar-refractivity contribution is 0.378. The Bertz CT molecular complexity index is 700. The summed E-state index contributed by atoms with van der Waals surface area (Å²) in [6, 6.07) is 17.9. The first-order valence-electron chi connectivity index (χ1n) is 8.63. The molecule has 0 bridgehead atoms. The van der Waals surface area contributed by atoms with Gasteiger partial charge in [-0.2, -0.15) is 0 Å². The van der Waals surface area contributed by atoms with Crippen LogP contribution >= 0.6 is 23.5 Å². The zero-order valence-corrected chi connectivity index (χ0v) is 15.7. The van der Waals surface area contributed by atoms with Crippen LogP contribution in [0.4, 0.5) is 0 Å². The molecule has 2 aromatic rings. The minimum absolute atomic E-state index is 0.664. The molecule has 0 radical (unpaired) electrons. The van der Waals surface area contributed by atoms with Gasteiger partial charge in [-0.3, -0.25) is 4.90 Å². The van der Waals surface area contributed by atoms with Crippen molar-refractivity contribution in [2.75, 3.05) is 18.7 Å². The third-order valence-electron chi connectivity index (χ3n) is 4.89. The summed E-state index contributed by atoms with van der Waals surface area (Å²) in [4.78, 5) is 2.48. The van der Waals surface area contributed by atoms with E-state index >= 15 is 0 Å². The highest BCUT2D eigenvalue weighted by Crippen LogP contribution is 2.40. The fourth-order valence-corrected chi connectivity index (χ4v) is 5.29. The molecule has 124 valence electrons. The van der Waals surface area contributed by atoms with Crippen molar-refractivity contribution in [3.8, 4) is 0 Å². The molecule has 1 fully saturated rings. The summed E-state index contributed by atoms with van der Waals surface area (Å²) < 4.78 is 0.664. The Balaban J connectivity index is 1.63. The lowest BCUT2D eigenvalue weighted by Crippen LogP contribution is -2.31. The van der Waals surface area contributed by atoms with Crippen molar-refractivity contribution in [1.82, 2.24) is 4.90 Å². The van der Waals surface area contributed by atoms with Gasteiger partial charge in [-0.05, 0) is 54.1 Å². The van der Waals surface area contributed by atoms with Gasteiger partial charge in [-0.15, -0.1) is 23.5 Å².